The van der Waals surface area contributed by atoms with Crippen LogP contribution in [0.4, 0.5) is 15.9 Å². The Morgan fingerprint density at radius 1 is 1.24 bits per heavy atom. The molecule has 0 spiro atoms. The number of nitrogens with one attached hydrogen (secondary N) is 1. The van der Waals surface area contributed by atoms with Gasteiger partial charge in [0.15, 0.2) is 0 Å². The number of benzene rings is 1. The van der Waals surface area contributed by atoms with E-state index in [2.05, 4.69) is 24.1 Å². The molecule has 1 aromatic heterocycles. The molecule has 0 saturated carbocycles. The highest BCUT2D eigenvalue weighted by atomic mass is 19.1. The van der Waals surface area contributed by atoms with Crippen LogP contribution in [0.1, 0.15) is 19.4 Å². The fourth-order valence-electron chi connectivity index (χ4n) is 2.08. The van der Waals surface area contributed by atoms with E-state index >= 15 is 0 Å². The van der Waals surface area contributed by atoms with Gasteiger partial charge in [0.2, 0.25) is 0 Å². The molecule has 0 radical (unpaired) electrons. The van der Waals surface area contributed by atoms with Gasteiger partial charge in [-0.3, -0.25) is 0 Å². The third-order valence-corrected chi connectivity index (χ3v) is 3.23. The van der Waals surface area contributed by atoms with Crippen LogP contribution in [0.25, 0.3) is 0 Å². The zero-order chi connectivity index (χ0) is 15.2. The number of aromatic nitrogens is 1. The first-order valence-electron chi connectivity index (χ1n) is 7.21. The zero-order valence-corrected chi connectivity index (χ0v) is 12.8. The molecule has 0 amide bonds. The predicted molar refractivity (Wildman–Crippen MR) is 85.2 cm³/mol. The number of rotatable bonds is 6. The summed E-state index contributed by atoms with van der Waals surface area (Å²) < 4.78 is 13.3. The van der Waals surface area contributed by atoms with Crippen molar-refractivity contribution < 1.29 is 4.39 Å². The maximum Gasteiger partial charge on any atom is 0.132 e. The Kier molecular flexibility index (Phi) is 5.28. The molecule has 21 heavy (non-hydrogen) atoms. The van der Waals surface area contributed by atoms with E-state index in [4.69, 9.17) is 0 Å². The second-order valence-corrected chi connectivity index (χ2v) is 5.59. The highest BCUT2D eigenvalue weighted by Gasteiger charge is 2.07. The monoisotopic (exact) mass is 287 g/mol. The van der Waals surface area contributed by atoms with E-state index < -0.39 is 0 Å². The maximum absolute atomic E-state index is 13.3. The number of hydrogen-bond acceptors (Lipinski definition) is 3. The number of anilines is 2. The summed E-state index contributed by atoms with van der Waals surface area (Å²) in [6.07, 6.45) is 1.79. The van der Waals surface area contributed by atoms with Crippen molar-refractivity contribution >= 4 is 11.5 Å². The first kappa shape index (κ1) is 15.4. The maximum atomic E-state index is 13.3. The highest BCUT2D eigenvalue weighted by molar-refractivity contribution is 5.59. The van der Waals surface area contributed by atoms with Gasteiger partial charge in [0.1, 0.15) is 11.6 Å². The molecule has 1 heterocycles. The largest absolute Gasteiger partial charge is 0.329 e. The molecule has 3 nitrogen and oxygen atoms in total. The minimum Gasteiger partial charge on any atom is -0.329 e. The minimum absolute atomic E-state index is 0.242. The number of pyridine rings is 1. The summed E-state index contributed by atoms with van der Waals surface area (Å²) >= 11 is 0. The summed E-state index contributed by atoms with van der Waals surface area (Å²) in [6, 6.07) is 10.5. The molecule has 0 atom stereocenters. The van der Waals surface area contributed by atoms with E-state index in [-0.39, 0.29) is 5.82 Å². The SMILES string of the molecule is CC(C)CNCc1ccnc(N(C)c2cccc(F)c2)c1. The summed E-state index contributed by atoms with van der Waals surface area (Å²) in [5.41, 5.74) is 1.96. The first-order valence-corrected chi connectivity index (χ1v) is 7.21. The average molecular weight is 287 g/mol. The Hall–Kier alpha value is -1.94. The summed E-state index contributed by atoms with van der Waals surface area (Å²) in [6.45, 7) is 6.16. The molecule has 2 rings (SSSR count). The van der Waals surface area contributed by atoms with Gasteiger partial charge in [-0.05, 0) is 48.4 Å². The lowest BCUT2D eigenvalue weighted by atomic mass is 10.2. The topological polar surface area (TPSA) is 28.2 Å². The summed E-state index contributed by atoms with van der Waals surface area (Å²) in [4.78, 5) is 6.25. The lowest BCUT2D eigenvalue weighted by Gasteiger charge is -2.19. The van der Waals surface area contributed by atoms with Gasteiger partial charge in [-0.25, -0.2) is 9.37 Å². The molecule has 1 N–H and O–H groups in total. The van der Waals surface area contributed by atoms with Crippen LogP contribution in [0.2, 0.25) is 0 Å². The fraction of sp³-hybridized carbons (Fsp3) is 0.353. The molecule has 0 aliphatic heterocycles. The van der Waals surface area contributed by atoms with Crippen LogP contribution in [-0.2, 0) is 6.54 Å². The number of hydrogen-bond donors (Lipinski definition) is 1. The van der Waals surface area contributed by atoms with Crippen molar-refractivity contribution in [1.82, 2.24) is 10.3 Å². The van der Waals surface area contributed by atoms with Gasteiger partial charge in [-0.15, -0.1) is 0 Å². The standard InChI is InChI=1S/C17H22FN3/c1-13(2)11-19-12-14-7-8-20-17(9-14)21(3)16-6-4-5-15(18)10-16/h4-10,13,19H,11-12H2,1-3H3. The molecular formula is C17H22FN3. The van der Waals surface area contributed by atoms with Crippen molar-refractivity contribution in [2.45, 2.75) is 20.4 Å². The molecule has 1 aromatic carbocycles. The molecule has 0 fully saturated rings. The van der Waals surface area contributed by atoms with Crippen molar-refractivity contribution in [2.75, 3.05) is 18.5 Å². The molecule has 4 heteroatoms. The lowest BCUT2D eigenvalue weighted by molar-refractivity contribution is 0.552. The van der Waals surface area contributed by atoms with Crippen molar-refractivity contribution in [2.24, 2.45) is 5.92 Å². The highest BCUT2D eigenvalue weighted by Crippen LogP contribution is 2.22. The minimum atomic E-state index is -0.242. The van der Waals surface area contributed by atoms with Crippen molar-refractivity contribution in [1.29, 1.82) is 0 Å². The summed E-state index contributed by atoms with van der Waals surface area (Å²) in [5.74, 6) is 1.19. The van der Waals surface area contributed by atoms with E-state index in [1.807, 2.05) is 30.1 Å². The van der Waals surface area contributed by atoms with Gasteiger partial charge in [0, 0.05) is 25.5 Å². The van der Waals surface area contributed by atoms with Gasteiger partial charge >= 0.3 is 0 Å². The Bertz CT molecular complexity index is 584. The fourth-order valence-corrected chi connectivity index (χ4v) is 2.08. The molecular weight excluding hydrogens is 265 g/mol. The Morgan fingerprint density at radius 2 is 2.05 bits per heavy atom. The van der Waals surface area contributed by atoms with E-state index in [9.17, 15) is 4.39 Å². The number of nitrogens with zero attached hydrogens (tertiary/aromatic N) is 2. The van der Waals surface area contributed by atoms with Crippen LogP contribution < -0.4 is 10.2 Å². The Morgan fingerprint density at radius 3 is 2.76 bits per heavy atom. The van der Waals surface area contributed by atoms with Gasteiger partial charge in [0.05, 0.1) is 0 Å². The lowest BCUT2D eigenvalue weighted by Crippen LogP contribution is -2.19. The molecule has 2 aromatic rings. The van der Waals surface area contributed by atoms with Gasteiger partial charge in [0.25, 0.3) is 0 Å². The first-order chi connectivity index (χ1) is 10.1. The molecule has 0 saturated heterocycles. The predicted octanol–water partition coefficient (Wildman–Crippen LogP) is 3.73. The van der Waals surface area contributed by atoms with E-state index in [0.29, 0.717) is 5.92 Å². The summed E-state index contributed by atoms with van der Waals surface area (Å²) in [7, 11) is 1.89. The average Bonchev–Trinajstić information content (AvgIpc) is 2.46. The van der Waals surface area contributed by atoms with Crippen LogP contribution in [0, 0.1) is 11.7 Å². The second kappa shape index (κ2) is 7.18. The molecule has 0 aliphatic rings. The van der Waals surface area contributed by atoms with Gasteiger partial charge < -0.3 is 10.2 Å². The van der Waals surface area contributed by atoms with Crippen LogP contribution in [0.15, 0.2) is 42.6 Å². The van der Waals surface area contributed by atoms with E-state index in [1.54, 1.807) is 12.3 Å². The number of halogens is 1. The molecule has 0 bridgehead atoms. The van der Waals surface area contributed by atoms with Crippen LogP contribution in [0.3, 0.4) is 0 Å². The molecule has 0 unspecified atom stereocenters. The van der Waals surface area contributed by atoms with Gasteiger partial charge in [-0.2, -0.15) is 0 Å². The van der Waals surface area contributed by atoms with Crippen molar-refractivity contribution in [3.63, 3.8) is 0 Å². The molecule has 0 aliphatic carbocycles. The van der Waals surface area contributed by atoms with E-state index in [1.165, 1.54) is 17.7 Å². The zero-order valence-electron chi connectivity index (χ0n) is 12.8. The Labute approximate surface area is 125 Å². The second-order valence-electron chi connectivity index (χ2n) is 5.59. The quantitative estimate of drug-likeness (QED) is 0.877. The van der Waals surface area contributed by atoms with Crippen molar-refractivity contribution in [3.05, 3.63) is 54.0 Å². The van der Waals surface area contributed by atoms with Crippen molar-refractivity contribution in [3.8, 4) is 0 Å². The smallest absolute Gasteiger partial charge is 0.132 e. The molecule has 112 valence electrons. The third-order valence-electron chi connectivity index (χ3n) is 3.23. The Balaban J connectivity index is 2.09. The summed E-state index contributed by atoms with van der Waals surface area (Å²) in [5, 5.41) is 3.41. The van der Waals surface area contributed by atoms with Gasteiger partial charge in [-0.1, -0.05) is 19.9 Å². The normalized spacial score (nSPS) is 10.9. The van der Waals surface area contributed by atoms with Crippen LogP contribution >= 0.6 is 0 Å². The third kappa shape index (κ3) is 4.53. The van der Waals surface area contributed by atoms with Crippen LogP contribution in [0.5, 0.6) is 0 Å². The van der Waals surface area contributed by atoms with Crippen LogP contribution in [-0.4, -0.2) is 18.6 Å². The van der Waals surface area contributed by atoms with E-state index in [0.717, 1.165) is 24.6 Å².